The highest BCUT2D eigenvalue weighted by molar-refractivity contribution is 5.78. The molecule has 0 aliphatic carbocycles. The summed E-state index contributed by atoms with van der Waals surface area (Å²) in [7, 11) is 0. The highest BCUT2D eigenvalue weighted by atomic mass is 19.3. The molecular weight excluding hydrogens is 224 g/mol. The SMILES string of the molecule is CCCCCCCCCCCNC(=O)C(F)F. The first-order valence-electron chi connectivity index (χ1n) is 6.74. The molecule has 0 radical (unpaired) electrons. The smallest absolute Gasteiger partial charge is 0.315 e. The summed E-state index contributed by atoms with van der Waals surface area (Å²) in [4.78, 5) is 10.5. The molecule has 0 saturated carbocycles. The second kappa shape index (κ2) is 11.8. The van der Waals surface area contributed by atoms with Crippen LogP contribution in [0.3, 0.4) is 0 Å². The predicted octanol–water partition coefficient (Wildman–Crippen LogP) is 3.90. The van der Waals surface area contributed by atoms with Crippen LogP contribution in [0.1, 0.15) is 64.7 Å². The Morgan fingerprint density at radius 2 is 1.41 bits per heavy atom. The molecule has 0 spiro atoms. The first-order chi connectivity index (χ1) is 8.18. The highest BCUT2D eigenvalue weighted by Gasteiger charge is 2.13. The van der Waals surface area contributed by atoms with Crippen molar-refractivity contribution >= 4 is 5.91 Å². The summed E-state index contributed by atoms with van der Waals surface area (Å²) in [6.07, 6.45) is 7.76. The van der Waals surface area contributed by atoms with E-state index in [1.165, 1.54) is 38.5 Å². The van der Waals surface area contributed by atoms with E-state index in [4.69, 9.17) is 0 Å². The Morgan fingerprint density at radius 1 is 0.941 bits per heavy atom. The van der Waals surface area contributed by atoms with Gasteiger partial charge in [0.2, 0.25) is 0 Å². The number of rotatable bonds is 11. The highest BCUT2D eigenvalue weighted by Crippen LogP contribution is 2.09. The molecule has 0 rings (SSSR count). The zero-order chi connectivity index (χ0) is 12.9. The van der Waals surface area contributed by atoms with E-state index < -0.39 is 12.3 Å². The summed E-state index contributed by atoms with van der Waals surface area (Å²) < 4.78 is 23.6. The Hall–Kier alpha value is -0.670. The average Bonchev–Trinajstić information content (AvgIpc) is 2.31. The third-order valence-corrected chi connectivity index (χ3v) is 2.78. The molecule has 0 heterocycles. The lowest BCUT2D eigenvalue weighted by Gasteiger charge is -2.04. The molecule has 1 N–H and O–H groups in total. The van der Waals surface area contributed by atoms with Gasteiger partial charge in [-0.2, -0.15) is 8.78 Å². The van der Waals surface area contributed by atoms with Crippen molar-refractivity contribution in [1.82, 2.24) is 5.32 Å². The van der Waals surface area contributed by atoms with Gasteiger partial charge in [0.05, 0.1) is 0 Å². The minimum Gasteiger partial charge on any atom is -0.351 e. The summed E-state index contributed by atoms with van der Waals surface area (Å²) in [5, 5.41) is 2.21. The van der Waals surface area contributed by atoms with Crippen LogP contribution in [0.4, 0.5) is 8.78 Å². The lowest BCUT2D eigenvalue weighted by molar-refractivity contribution is -0.131. The Kier molecular flexibility index (Phi) is 11.3. The number of halogens is 2. The fraction of sp³-hybridized carbons (Fsp3) is 0.923. The van der Waals surface area contributed by atoms with Crippen molar-refractivity contribution in [3.05, 3.63) is 0 Å². The van der Waals surface area contributed by atoms with E-state index in [2.05, 4.69) is 12.2 Å². The zero-order valence-corrected chi connectivity index (χ0v) is 10.8. The summed E-state index contributed by atoms with van der Waals surface area (Å²) in [5.74, 6) is -1.15. The van der Waals surface area contributed by atoms with Gasteiger partial charge in [-0.15, -0.1) is 0 Å². The minimum atomic E-state index is -2.88. The first kappa shape index (κ1) is 16.3. The van der Waals surface area contributed by atoms with Crippen LogP contribution in [0.2, 0.25) is 0 Å². The van der Waals surface area contributed by atoms with Crippen LogP contribution in [0.25, 0.3) is 0 Å². The summed E-state index contributed by atoms with van der Waals surface area (Å²) in [6, 6.07) is 0. The van der Waals surface area contributed by atoms with Crippen LogP contribution in [0, 0.1) is 0 Å². The number of unbranched alkanes of at least 4 members (excludes halogenated alkanes) is 8. The molecule has 0 aromatic carbocycles. The van der Waals surface area contributed by atoms with E-state index in [1.807, 2.05) is 0 Å². The monoisotopic (exact) mass is 249 g/mol. The Morgan fingerprint density at radius 3 is 1.88 bits per heavy atom. The standard InChI is InChI=1S/C13H25F2NO/c1-2-3-4-5-6-7-8-9-10-11-16-13(17)12(14)15/h12H,2-11H2,1H3,(H,16,17). The van der Waals surface area contributed by atoms with E-state index >= 15 is 0 Å². The molecule has 0 aliphatic rings. The topological polar surface area (TPSA) is 29.1 Å². The average molecular weight is 249 g/mol. The molecule has 0 unspecified atom stereocenters. The predicted molar refractivity (Wildman–Crippen MR) is 66.2 cm³/mol. The van der Waals surface area contributed by atoms with Crippen molar-refractivity contribution < 1.29 is 13.6 Å². The normalized spacial score (nSPS) is 10.8. The van der Waals surface area contributed by atoms with E-state index in [0.717, 1.165) is 19.3 Å². The van der Waals surface area contributed by atoms with Gasteiger partial charge in [-0.25, -0.2) is 0 Å². The second-order valence-corrected chi connectivity index (χ2v) is 4.42. The number of nitrogens with one attached hydrogen (secondary N) is 1. The molecule has 0 saturated heterocycles. The maximum atomic E-state index is 11.8. The van der Waals surface area contributed by atoms with E-state index in [1.54, 1.807) is 0 Å². The van der Waals surface area contributed by atoms with Gasteiger partial charge in [0.1, 0.15) is 0 Å². The number of hydrogen-bond donors (Lipinski definition) is 1. The van der Waals surface area contributed by atoms with E-state index in [-0.39, 0.29) is 0 Å². The van der Waals surface area contributed by atoms with Crippen molar-refractivity contribution in [2.75, 3.05) is 6.54 Å². The van der Waals surface area contributed by atoms with Crippen LogP contribution >= 0.6 is 0 Å². The molecule has 0 fully saturated rings. The third kappa shape index (κ3) is 11.6. The lowest BCUT2D eigenvalue weighted by atomic mass is 10.1. The first-order valence-corrected chi connectivity index (χ1v) is 6.74. The molecule has 0 aromatic heterocycles. The molecule has 0 atom stereocenters. The Bertz CT molecular complexity index is 186. The van der Waals surface area contributed by atoms with Crippen molar-refractivity contribution in [3.63, 3.8) is 0 Å². The zero-order valence-electron chi connectivity index (χ0n) is 10.8. The number of hydrogen-bond acceptors (Lipinski definition) is 1. The van der Waals surface area contributed by atoms with Gasteiger partial charge < -0.3 is 5.32 Å². The van der Waals surface area contributed by atoms with Crippen LogP contribution in [-0.4, -0.2) is 18.9 Å². The number of alkyl halides is 2. The molecule has 0 bridgehead atoms. The molecular formula is C13H25F2NO. The molecule has 0 aromatic rings. The van der Waals surface area contributed by atoms with Crippen molar-refractivity contribution in [3.8, 4) is 0 Å². The van der Waals surface area contributed by atoms with Gasteiger partial charge in [-0.05, 0) is 6.42 Å². The van der Waals surface area contributed by atoms with Crippen molar-refractivity contribution in [2.24, 2.45) is 0 Å². The largest absolute Gasteiger partial charge is 0.351 e. The maximum Gasteiger partial charge on any atom is 0.315 e. The summed E-state index contributed by atoms with van der Waals surface area (Å²) in [6.45, 7) is 2.58. The summed E-state index contributed by atoms with van der Waals surface area (Å²) >= 11 is 0. The Balaban J connectivity index is 3.06. The van der Waals surface area contributed by atoms with Gasteiger partial charge in [0.15, 0.2) is 0 Å². The van der Waals surface area contributed by atoms with Gasteiger partial charge in [0.25, 0.3) is 5.91 Å². The van der Waals surface area contributed by atoms with Crippen LogP contribution in [0.15, 0.2) is 0 Å². The number of carbonyl (C=O) groups excluding carboxylic acids is 1. The maximum absolute atomic E-state index is 11.8. The number of carbonyl (C=O) groups is 1. The molecule has 2 nitrogen and oxygen atoms in total. The van der Waals surface area contributed by atoms with Gasteiger partial charge in [-0.3, -0.25) is 4.79 Å². The van der Waals surface area contributed by atoms with Gasteiger partial charge in [0, 0.05) is 6.54 Å². The number of amides is 1. The minimum absolute atomic E-state index is 0.374. The molecule has 102 valence electrons. The third-order valence-electron chi connectivity index (χ3n) is 2.78. The van der Waals surface area contributed by atoms with Gasteiger partial charge in [-0.1, -0.05) is 58.3 Å². The van der Waals surface area contributed by atoms with E-state index in [0.29, 0.717) is 6.54 Å². The van der Waals surface area contributed by atoms with Gasteiger partial charge >= 0.3 is 6.43 Å². The fourth-order valence-electron chi connectivity index (χ4n) is 1.72. The fourth-order valence-corrected chi connectivity index (χ4v) is 1.72. The molecule has 1 amide bonds. The van der Waals surface area contributed by atoms with Crippen LogP contribution in [0.5, 0.6) is 0 Å². The summed E-state index contributed by atoms with van der Waals surface area (Å²) in [5.41, 5.74) is 0. The lowest BCUT2D eigenvalue weighted by Crippen LogP contribution is -2.30. The molecule has 17 heavy (non-hydrogen) atoms. The molecule has 0 aliphatic heterocycles. The van der Waals surface area contributed by atoms with Crippen LogP contribution < -0.4 is 5.32 Å². The van der Waals surface area contributed by atoms with E-state index in [9.17, 15) is 13.6 Å². The Labute approximate surface area is 103 Å². The second-order valence-electron chi connectivity index (χ2n) is 4.42. The van der Waals surface area contributed by atoms with Crippen molar-refractivity contribution in [1.29, 1.82) is 0 Å². The molecule has 4 heteroatoms. The quantitative estimate of drug-likeness (QED) is 0.553. The van der Waals surface area contributed by atoms with Crippen LogP contribution in [-0.2, 0) is 4.79 Å². The van der Waals surface area contributed by atoms with Crippen molar-refractivity contribution in [2.45, 2.75) is 71.1 Å².